The number of nitro benzene ring substituents is 1. The SMILES string of the molecule is O=[N+]([O-])c1cccc2c(-c3ccccc3)cn(Cl)c12. The summed E-state index contributed by atoms with van der Waals surface area (Å²) in [5.74, 6) is 0. The first-order chi connectivity index (χ1) is 9.18. The molecule has 19 heavy (non-hydrogen) atoms. The van der Waals surface area contributed by atoms with Gasteiger partial charge in [0.15, 0.2) is 0 Å². The summed E-state index contributed by atoms with van der Waals surface area (Å²) in [4.78, 5) is 10.6. The predicted octanol–water partition coefficient (Wildman–Crippen LogP) is 4.22. The van der Waals surface area contributed by atoms with Gasteiger partial charge in [0.05, 0.1) is 4.92 Å². The van der Waals surface area contributed by atoms with Gasteiger partial charge in [-0.15, -0.1) is 0 Å². The van der Waals surface area contributed by atoms with Crippen molar-refractivity contribution in [2.45, 2.75) is 0 Å². The van der Waals surface area contributed by atoms with Crippen LogP contribution >= 0.6 is 11.8 Å². The number of hydrogen-bond donors (Lipinski definition) is 0. The molecule has 0 spiro atoms. The van der Waals surface area contributed by atoms with E-state index in [0.717, 1.165) is 16.5 Å². The van der Waals surface area contributed by atoms with E-state index in [1.54, 1.807) is 12.3 Å². The van der Waals surface area contributed by atoms with Gasteiger partial charge in [-0.05, 0) is 5.56 Å². The lowest BCUT2D eigenvalue weighted by Gasteiger charge is -1.99. The molecule has 0 atom stereocenters. The molecule has 1 aromatic heterocycles. The van der Waals surface area contributed by atoms with Crippen LogP contribution in [0, 0.1) is 10.1 Å². The summed E-state index contributed by atoms with van der Waals surface area (Å²) < 4.78 is 1.29. The first kappa shape index (κ1) is 11.7. The van der Waals surface area contributed by atoms with Crippen molar-refractivity contribution >= 4 is 28.4 Å². The van der Waals surface area contributed by atoms with Gasteiger partial charge in [0.25, 0.3) is 5.69 Å². The van der Waals surface area contributed by atoms with E-state index in [1.807, 2.05) is 36.4 Å². The van der Waals surface area contributed by atoms with Crippen molar-refractivity contribution < 1.29 is 4.92 Å². The monoisotopic (exact) mass is 272 g/mol. The van der Waals surface area contributed by atoms with Crippen LogP contribution in [0.2, 0.25) is 0 Å². The van der Waals surface area contributed by atoms with Gasteiger partial charge >= 0.3 is 0 Å². The maximum Gasteiger partial charge on any atom is 0.294 e. The summed E-state index contributed by atoms with van der Waals surface area (Å²) in [7, 11) is 0. The molecular formula is C14H9ClN2O2. The standard InChI is InChI=1S/C14H9ClN2O2/c15-16-9-12(10-5-2-1-3-6-10)11-7-4-8-13(14(11)16)17(18)19/h1-9H. The van der Waals surface area contributed by atoms with Gasteiger partial charge in [0, 0.05) is 35.0 Å². The molecule has 0 aliphatic rings. The summed E-state index contributed by atoms with van der Waals surface area (Å²) in [5.41, 5.74) is 2.30. The van der Waals surface area contributed by atoms with E-state index in [1.165, 1.54) is 10.2 Å². The number of aromatic nitrogens is 1. The van der Waals surface area contributed by atoms with Crippen molar-refractivity contribution in [2.24, 2.45) is 0 Å². The molecule has 0 radical (unpaired) electrons. The number of benzene rings is 2. The first-order valence-electron chi connectivity index (χ1n) is 5.68. The van der Waals surface area contributed by atoms with Crippen molar-refractivity contribution in [3.05, 3.63) is 64.8 Å². The van der Waals surface area contributed by atoms with E-state index < -0.39 is 4.92 Å². The Hall–Kier alpha value is -2.33. The van der Waals surface area contributed by atoms with Gasteiger partial charge in [-0.1, -0.05) is 42.5 Å². The minimum atomic E-state index is -0.421. The number of para-hydroxylation sites is 1. The molecule has 2 aromatic carbocycles. The van der Waals surface area contributed by atoms with E-state index in [4.69, 9.17) is 11.8 Å². The third kappa shape index (κ3) is 1.86. The summed E-state index contributed by atoms with van der Waals surface area (Å²) >= 11 is 6.09. The molecule has 5 heteroatoms. The largest absolute Gasteiger partial charge is 0.294 e. The second-order valence-electron chi connectivity index (χ2n) is 4.15. The molecule has 0 aliphatic heterocycles. The highest BCUT2D eigenvalue weighted by Crippen LogP contribution is 2.35. The summed E-state index contributed by atoms with van der Waals surface area (Å²) in [6.07, 6.45) is 1.70. The van der Waals surface area contributed by atoms with E-state index in [0.29, 0.717) is 5.52 Å². The molecule has 3 rings (SSSR count). The van der Waals surface area contributed by atoms with Crippen LogP contribution in [0.25, 0.3) is 22.0 Å². The Morgan fingerprint density at radius 2 is 1.79 bits per heavy atom. The fourth-order valence-corrected chi connectivity index (χ4v) is 2.49. The Morgan fingerprint density at radius 3 is 2.47 bits per heavy atom. The minimum Gasteiger partial charge on any atom is -0.258 e. The molecule has 0 bridgehead atoms. The number of hydrogen-bond acceptors (Lipinski definition) is 2. The van der Waals surface area contributed by atoms with Crippen LogP contribution in [0.15, 0.2) is 54.7 Å². The quantitative estimate of drug-likeness (QED) is 0.518. The Kier molecular flexibility index (Phi) is 2.72. The van der Waals surface area contributed by atoms with E-state index >= 15 is 0 Å². The highest BCUT2D eigenvalue weighted by molar-refractivity contribution is 6.21. The number of nitro groups is 1. The molecule has 0 saturated carbocycles. The van der Waals surface area contributed by atoms with Crippen LogP contribution in [-0.4, -0.2) is 9.01 Å². The second kappa shape index (κ2) is 4.40. The molecule has 94 valence electrons. The first-order valence-corrected chi connectivity index (χ1v) is 6.02. The predicted molar refractivity (Wildman–Crippen MR) is 75.3 cm³/mol. The zero-order chi connectivity index (χ0) is 13.4. The smallest absolute Gasteiger partial charge is 0.258 e. The summed E-state index contributed by atoms with van der Waals surface area (Å²) in [6.45, 7) is 0. The van der Waals surface area contributed by atoms with Crippen molar-refractivity contribution in [1.82, 2.24) is 4.09 Å². The lowest BCUT2D eigenvalue weighted by atomic mass is 10.0. The molecule has 0 N–H and O–H groups in total. The van der Waals surface area contributed by atoms with Gasteiger partial charge in [-0.3, -0.25) is 14.2 Å². The van der Waals surface area contributed by atoms with Crippen LogP contribution in [0.5, 0.6) is 0 Å². The molecule has 4 nitrogen and oxygen atoms in total. The van der Waals surface area contributed by atoms with Crippen molar-refractivity contribution in [3.63, 3.8) is 0 Å². The van der Waals surface area contributed by atoms with Crippen LogP contribution in [0.1, 0.15) is 0 Å². The molecule has 3 aromatic rings. The molecule has 1 heterocycles. The summed E-state index contributed by atoms with van der Waals surface area (Å²) in [5, 5.41) is 11.8. The van der Waals surface area contributed by atoms with Gasteiger partial charge in [0.2, 0.25) is 0 Å². The van der Waals surface area contributed by atoms with Crippen LogP contribution in [0.3, 0.4) is 0 Å². The molecule has 0 aliphatic carbocycles. The van der Waals surface area contributed by atoms with E-state index in [9.17, 15) is 10.1 Å². The van der Waals surface area contributed by atoms with Crippen molar-refractivity contribution in [1.29, 1.82) is 0 Å². The van der Waals surface area contributed by atoms with Gasteiger partial charge < -0.3 is 0 Å². The van der Waals surface area contributed by atoms with Gasteiger partial charge in [0.1, 0.15) is 5.52 Å². The van der Waals surface area contributed by atoms with Gasteiger partial charge in [-0.25, -0.2) is 0 Å². The Labute approximate surface area is 114 Å². The van der Waals surface area contributed by atoms with Crippen LogP contribution in [0.4, 0.5) is 5.69 Å². The fraction of sp³-hybridized carbons (Fsp3) is 0. The third-order valence-electron chi connectivity index (χ3n) is 3.04. The maximum atomic E-state index is 11.0. The van der Waals surface area contributed by atoms with Crippen LogP contribution < -0.4 is 0 Å². The maximum absolute atomic E-state index is 11.0. The normalized spacial score (nSPS) is 10.8. The Bertz CT molecular complexity index is 766. The highest BCUT2D eigenvalue weighted by Gasteiger charge is 2.18. The zero-order valence-corrected chi connectivity index (χ0v) is 10.5. The summed E-state index contributed by atoms with van der Waals surface area (Å²) in [6, 6.07) is 14.6. The lowest BCUT2D eigenvalue weighted by molar-refractivity contribution is -0.383. The molecule has 0 fully saturated rings. The third-order valence-corrected chi connectivity index (χ3v) is 3.31. The second-order valence-corrected chi connectivity index (χ2v) is 4.51. The molecule has 0 unspecified atom stereocenters. The lowest BCUT2D eigenvalue weighted by Crippen LogP contribution is -1.90. The van der Waals surface area contributed by atoms with E-state index in [-0.39, 0.29) is 5.69 Å². The van der Waals surface area contributed by atoms with Crippen molar-refractivity contribution in [3.8, 4) is 11.1 Å². The minimum absolute atomic E-state index is 0.00896. The number of nitrogens with zero attached hydrogens (tertiary/aromatic N) is 2. The topological polar surface area (TPSA) is 48.1 Å². The Balaban J connectivity index is 2.35. The van der Waals surface area contributed by atoms with Gasteiger partial charge in [-0.2, -0.15) is 0 Å². The molecule has 0 amide bonds. The van der Waals surface area contributed by atoms with Crippen molar-refractivity contribution in [2.75, 3.05) is 0 Å². The Morgan fingerprint density at radius 1 is 1.05 bits per heavy atom. The van der Waals surface area contributed by atoms with Crippen LogP contribution in [-0.2, 0) is 0 Å². The molecule has 0 saturated heterocycles. The van der Waals surface area contributed by atoms with E-state index in [2.05, 4.69) is 0 Å². The number of non-ortho nitro benzene ring substituents is 1. The number of rotatable bonds is 2. The highest BCUT2D eigenvalue weighted by atomic mass is 35.5. The zero-order valence-electron chi connectivity index (χ0n) is 9.79. The number of halogens is 1. The average molecular weight is 273 g/mol. The fourth-order valence-electron chi connectivity index (χ4n) is 2.22. The molecular weight excluding hydrogens is 264 g/mol. The average Bonchev–Trinajstić information content (AvgIpc) is 2.77. The number of fused-ring (bicyclic) bond motifs is 1.